The van der Waals surface area contributed by atoms with Crippen molar-refractivity contribution in [2.75, 3.05) is 13.2 Å². The highest BCUT2D eigenvalue weighted by molar-refractivity contribution is 9.09. The van der Waals surface area contributed by atoms with Crippen LogP contribution in [0.1, 0.15) is 13.8 Å². The van der Waals surface area contributed by atoms with E-state index in [1.165, 1.54) is 13.8 Å². The summed E-state index contributed by atoms with van der Waals surface area (Å²) >= 11 is 3.21. The van der Waals surface area contributed by atoms with Crippen LogP contribution in [0.5, 0.6) is 0 Å². The Bertz CT molecular complexity index is 419. The van der Waals surface area contributed by atoms with Gasteiger partial charge in [0.2, 0.25) is 0 Å². The zero-order valence-electron chi connectivity index (χ0n) is 11.7. The normalized spacial score (nSPS) is 32.0. The summed E-state index contributed by atoms with van der Waals surface area (Å²) in [6, 6.07) is 0. The molecule has 0 bridgehead atoms. The molecule has 1 fully saturated rings. The van der Waals surface area contributed by atoms with E-state index in [1.54, 1.807) is 0 Å². The molecule has 118 valence electrons. The molecule has 0 aromatic heterocycles. The van der Waals surface area contributed by atoms with Crippen molar-refractivity contribution >= 4 is 27.9 Å². The summed E-state index contributed by atoms with van der Waals surface area (Å²) in [7, 11) is 0. The smallest absolute Gasteiger partial charge is 0.303 e. The maximum Gasteiger partial charge on any atom is 0.303 e. The lowest BCUT2D eigenvalue weighted by atomic mass is 9.99. The van der Waals surface area contributed by atoms with E-state index in [9.17, 15) is 14.7 Å². The van der Waals surface area contributed by atoms with Gasteiger partial charge < -0.3 is 24.1 Å². The number of terminal acetylenes is 1. The molecule has 0 saturated carbocycles. The van der Waals surface area contributed by atoms with Crippen LogP contribution < -0.4 is 0 Å². The molecule has 0 spiro atoms. The van der Waals surface area contributed by atoms with Crippen molar-refractivity contribution in [3.05, 3.63) is 0 Å². The zero-order valence-corrected chi connectivity index (χ0v) is 13.2. The fourth-order valence-corrected chi connectivity index (χ4v) is 2.68. The average molecular weight is 365 g/mol. The minimum Gasteiger partial charge on any atom is -0.457 e. The third-order valence-corrected chi connectivity index (χ3v) is 3.46. The fraction of sp³-hybridized carbons (Fsp3) is 0.692. The van der Waals surface area contributed by atoms with Crippen molar-refractivity contribution in [1.82, 2.24) is 0 Å². The Balaban J connectivity index is 3.02. The second kappa shape index (κ2) is 8.34. The van der Waals surface area contributed by atoms with Crippen LogP contribution in [0.25, 0.3) is 0 Å². The standard InChI is InChI=1S/C13H17BrO7/c1-4-5-18-11-10(19-7(2)16)9(6-15)21-13(14)12(11)20-8(3)17/h1,9-13,15H,5-6H2,2-3H3. The Kier molecular flexibility index (Phi) is 7.11. The largest absolute Gasteiger partial charge is 0.457 e. The lowest BCUT2D eigenvalue weighted by Crippen LogP contribution is -2.60. The van der Waals surface area contributed by atoms with Gasteiger partial charge in [0.25, 0.3) is 0 Å². The zero-order chi connectivity index (χ0) is 16.0. The van der Waals surface area contributed by atoms with Gasteiger partial charge in [0.15, 0.2) is 17.2 Å². The quantitative estimate of drug-likeness (QED) is 0.416. The van der Waals surface area contributed by atoms with Gasteiger partial charge in [-0.15, -0.1) is 6.42 Å². The summed E-state index contributed by atoms with van der Waals surface area (Å²) in [5, 5.41) is 8.63. The number of rotatable bonds is 5. The second-order valence-electron chi connectivity index (χ2n) is 4.34. The van der Waals surface area contributed by atoms with Gasteiger partial charge in [-0.1, -0.05) is 21.9 Å². The number of hydrogen-bond donors (Lipinski definition) is 1. The van der Waals surface area contributed by atoms with E-state index in [2.05, 4.69) is 21.9 Å². The Labute approximate surface area is 131 Å². The Morgan fingerprint density at radius 1 is 1.24 bits per heavy atom. The molecule has 0 aromatic rings. The lowest BCUT2D eigenvalue weighted by Gasteiger charge is -2.42. The van der Waals surface area contributed by atoms with Gasteiger partial charge >= 0.3 is 11.9 Å². The molecule has 21 heavy (non-hydrogen) atoms. The molecule has 1 heterocycles. The highest BCUT2D eigenvalue weighted by atomic mass is 79.9. The molecule has 5 unspecified atom stereocenters. The molecule has 0 amide bonds. The number of aliphatic hydroxyl groups is 1. The van der Waals surface area contributed by atoms with Crippen molar-refractivity contribution in [3.8, 4) is 12.3 Å². The molecule has 1 saturated heterocycles. The molecule has 0 aliphatic carbocycles. The summed E-state index contributed by atoms with van der Waals surface area (Å²) in [4.78, 5) is 22.4. The first kappa shape index (κ1) is 17.9. The molecule has 8 heteroatoms. The first-order valence-corrected chi connectivity index (χ1v) is 7.12. The van der Waals surface area contributed by atoms with Gasteiger partial charge in [-0.2, -0.15) is 0 Å². The van der Waals surface area contributed by atoms with Crippen LogP contribution in [0, 0.1) is 12.3 Å². The highest BCUT2D eigenvalue weighted by Crippen LogP contribution is 2.31. The minimum atomic E-state index is -0.945. The van der Waals surface area contributed by atoms with Crippen LogP contribution in [0.4, 0.5) is 0 Å². The molecule has 0 aromatic carbocycles. The number of carbonyl (C=O) groups excluding carboxylic acids is 2. The van der Waals surface area contributed by atoms with Crippen molar-refractivity contribution in [2.24, 2.45) is 0 Å². The van der Waals surface area contributed by atoms with Gasteiger partial charge in [0, 0.05) is 13.8 Å². The predicted octanol–water partition coefficient (Wildman–Crippen LogP) is -0.0197. The van der Waals surface area contributed by atoms with Gasteiger partial charge in [0.05, 0.1) is 6.61 Å². The van der Waals surface area contributed by atoms with Crippen molar-refractivity contribution in [2.45, 2.75) is 43.3 Å². The molecule has 1 N–H and O–H groups in total. The number of ether oxygens (including phenoxy) is 4. The predicted molar refractivity (Wildman–Crippen MR) is 74.4 cm³/mol. The molecule has 1 rings (SSSR count). The number of carbonyl (C=O) groups is 2. The van der Waals surface area contributed by atoms with Crippen LogP contribution >= 0.6 is 15.9 Å². The number of hydrogen-bond acceptors (Lipinski definition) is 7. The van der Waals surface area contributed by atoms with E-state index in [4.69, 9.17) is 25.4 Å². The molecule has 1 aliphatic rings. The fourth-order valence-electron chi connectivity index (χ4n) is 2.00. The van der Waals surface area contributed by atoms with Gasteiger partial charge in [-0.3, -0.25) is 9.59 Å². The van der Waals surface area contributed by atoms with Gasteiger partial charge in [-0.05, 0) is 0 Å². The molecule has 7 nitrogen and oxygen atoms in total. The first-order valence-electron chi connectivity index (χ1n) is 6.20. The minimum absolute atomic E-state index is 0.0714. The Hall–Kier alpha value is -1.14. The summed E-state index contributed by atoms with van der Waals surface area (Å²) in [6.45, 7) is 1.98. The summed E-state index contributed by atoms with van der Waals surface area (Å²) in [6.07, 6.45) is 1.66. The van der Waals surface area contributed by atoms with E-state index in [1.807, 2.05) is 0 Å². The molecule has 0 radical (unpaired) electrons. The number of halogens is 1. The molecular weight excluding hydrogens is 348 g/mol. The summed E-state index contributed by atoms with van der Waals surface area (Å²) < 4.78 is 21.2. The Morgan fingerprint density at radius 2 is 1.81 bits per heavy atom. The monoisotopic (exact) mass is 364 g/mol. The van der Waals surface area contributed by atoms with E-state index in [0.717, 1.165) is 0 Å². The van der Waals surface area contributed by atoms with Crippen LogP contribution in [-0.2, 0) is 28.5 Å². The van der Waals surface area contributed by atoms with E-state index in [-0.39, 0.29) is 6.61 Å². The third kappa shape index (κ3) is 4.97. The second-order valence-corrected chi connectivity index (χ2v) is 5.24. The number of alkyl halides is 1. The highest BCUT2D eigenvalue weighted by Gasteiger charge is 2.49. The van der Waals surface area contributed by atoms with Crippen molar-refractivity contribution in [3.63, 3.8) is 0 Å². The maximum absolute atomic E-state index is 11.2. The Morgan fingerprint density at radius 3 is 2.29 bits per heavy atom. The summed E-state index contributed by atoms with van der Waals surface area (Å²) in [5.41, 5.74) is 0. The van der Waals surface area contributed by atoms with E-state index >= 15 is 0 Å². The number of esters is 2. The van der Waals surface area contributed by atoms with Crippen LogP contribution in [0.2, 0.25) is 0 Å². The summed E-state index contributed by atoms with van der Waals surface area (Å²) in [5.74, 6) is 1.16. The van der Waals surface area contributed by atoms with Crippen molar-refractivity contribution in [1.29, 1.82) is 0 Å². The van der Waals surface area contributed by atoms with Crippen LogP contribution in [-0.4, -0.2) is 59.7 Å². The van der Waals surface area contributed by atoms with Gasteiger partial charge in [0.1, 0.15) is 18.8 Å². The van der Waals surface area contributed by atoms with Crippen LogP contribution in [0.3, 0.4) is 0 Å². The van der Waals surface area contributed by atoms with E-state index in [0.29, 0.717) is 0 Å². The lowest BCUT2D eigenvalue weighted by molar-refractivity contribution is -0.234. The number of aliphatic hydroxyl groups excluding tert-OH is 1. The van der Waals surface area contributed by atoms with Crippen molar-refractivity contribution < 1.29 is 33.6 Å². The topological polar surface area (TPSA) is 91.3 Å². The average Bonchev–Trinajstić information content (AvgIpc) is 2.40. The molecule has 1 aliphatic heterocycles. The van der Waals surface area contributed by atoms with E-state index < -0.39 is 48.0 Å². The third-order valence-electron chi connectivity index (χ3n) is 2.72. The van der Waals surface area contributed by atoms with Gasteiger partial charge in [-0.25, -0.2) is 0 Å². The molecular formula is C13H17BrO7. The molecule has 5 atom stereocenters. The first-order chi connectivity index (χ1) is 9.90. The van der Waals surface area contributed by atoms with Crippen LogP contribution in [0.15, 0.2) is 0 Å². The SMILES string of the molecule is C#CCOC1C(OC(C)=O)C(Br)OC(CO)C1OC(C)=O. The maximum atomic E-state index is 11.2.